The average molecular weight is 621 g/mol. The smallest absolute Gasteiger partial charge is 0.417 e. The summed E-state index contributed by atoms with van der Waals surface area (Å²) in [6.07, 6.45) is -4.20. The molecule has 4 rings (SSSR count). The van der Waals surface area contributed by atoms with Crippen molar-refractivity contribution in [1.29, 1.82) is 0 Å². The van der Waals surface area contributed by atoms with Gasteiger partial charge in [0.2, 0.25) is 5.88 Å². The van der Waals surface area contributed by atoms with Crippen molar-refractivity contribution in [2.45, 2.75) is 97.4 Å². The fraction of sp³-hybridized carbons (Fsp3) is 0.606. The van der Waals surface area contributed by atoms with Crippen LogP contribution in [0.25, 0.3) is 0 Å². The van der Waals surface area contributed by atoms with Gasteiger partial charge < -0.3 is 23.8 Å². The number of rotatable bonds is 9. The van der Waals surface area contributed by atoms with Crippen LogP contribution in [-0.4, -0.2) is 60.3 Å². The molecule has 0 radical (unpaired) electrons. The van der Waals surface area contributed by atoms with Gasteiger partial charge in [0.15, 0.2) is 0 Å². The van der Waals surface area contributed by atoms with Gasteiger partial charge in [-0.05, 0) is 48.3 Å². The Hall–Kier alpha value is -3.18. The monoisotopic (exact) mass is 620 g/mol. The Bertz CT molecular complexity index is 1320. The third-order valence-electron chi connectivity index (χ3n) is 8.39. The van der Waals surface area contributed by atoms with Crippen molar-refractivity contribution in [2.75, 3.05) is 20.3 Å². The number of amides is 1. The Morgan fingerprint density at radius 1 is 1.16 bits per heavy atom. The van der Waals surface area contributed by atoms with Crippen LogP contribution in [0, 0.1) is 11.3 Å². The summed E-state index contributed by atoms with van der Waals surface area (Å²) in [6, 6.07) is 6.97. The summed E-state index contributed by atoms with van der Waals surface area (Å²) in [4.78, 5) is 33.5. The van der Waals surface area contributed by atoms with E-state index in [4.69, 9.17) is 18.9 Å². The number of hydrogen-bond donors (Lipinski definition) is 0. The summed E-state index contributed by atoms with van der Waals surface area (Å²) in [5.41, 5.74) is 0.347. The number of nitrogens with zero attached hydrogens (tertiary/aromatic N) is 2. The lowest BCUT2D eigenvalue weighted by atomic mass is 9.73. The number of carbonyl (C=O) groups excluding carboxylic acids is 2. The summed E-state index contributed by atoms with van der Waals surface area (Å²) in [6.45, 7) is 11.9. The van der Waals surface area contributed by atoms with Crippen LogP contribution in [0.3, 0.4) is 0 Å². The van der Waals surface area contributed by atoms with Gasteiger partial charge >= 0.3 is 12.1 Å². The maximum atomic E-state index is 14.3. The van der Waals surface area contributed by atoms with Gasteiger partial charge in [0.05, 0.1) is 38.0 Å². The number of methoxy groups -OCH3 is 1. The number of ether oxygens (including phenoxy) is 4. The van der Waals surface area contributed by atoms with E-state index >= 15 is 0 Å². The topological polar surface area (TPSA) is 87.2 Å². The first-order valence-electron chi connectivity index (χ1n) is 15.1. The van der Waals surface area contributed by atoms with Crippen LogP contribution in [0.5, 0.6) is 5.88 Å². The van der Waals surface area contributed by atoms with E-state index in [1.807, 2.05) is 45.0 Å². The second-order valence-corrected chi connectivity index (χ2v) is 12.8. The van der Waals surface area contributed by atoms with Gasteiger partial charge in [-0.15, -0.1) is 0 Å². The van der Waals surface area contributed by atoms with Crippen LogP contribution >= 0.6 is 0 Å². The van der Waals surface area contributed by atoms with Crippen LogP contribution in [0.4, 0.5) is 13.2 Å². The Morgan fingerprint density at radius 2 is 1.89 bits per heavy atom. The van der Waals surface area contributed by atoms with E-state index in [-0.39, 0.29) is 36.5 Å². The molecule has 3 heterocycles. The number of aromatic nitrogens is 1. The minimum atomic E-state index is -4.62. The molecule has 5 atom stereocenters. The standard InChI is InChI=1S/C33H43F3N2O6/c1-8-42-31(40)27-25(32(4,5)6)28(44-18-22-16-23(33(34,35)36)17-37-29(22)41-7)26(21-12-9-11-20(15-21)19(2)3)38(27)30(39)24-13-10-14-43-24/h9,11-12,15-17,19,24-28H,8,10,13-14,18H2,1-7H3/t24-,25-,26-,27-,28-/m0/s1. The molecular weight excluding hydrogens is 577 g/mol. The van der Waals surface area contributed by atoms with Crippen LogP contribution < -0.4 is 4.74 Å². The van der Waals surface area contributed by atoms with E-state index < -0.39 is 53.3 Å². The van der Waals surface area contributed by atoms with Gasteiger partial charge in [0, 0.05) is 24.3 Å². The van der Waals surface area contributed by atoms with Crippen molar-refractivity contribution < 1.29 is 41.7 Å². The Morgan fingerprint density at radius 3 is 2.45 bits per heavy atom. The molecule has 0 unspecified atom stereocenters. The molecule has 0 spiro atoms. The molecule has 1 aromatic heterocycles. The number of halogens is 3. The zero-order chi connectivity index (χ0) is 32.4. The first-order valence-corrected chi connectivity index (χ1v) is 15.1. The van der Waals surface area contributed by atoms with Crippen LogP contribution in [0.1, 0.15) is 88.6 Å². The zero-order valence-corrected chi connectivity index (χ0v) is 26.4. The Labute approximate surface area is 257 Å². The highest BCUT2D eigenvalue weighted by Crippen LogP contribution is 2.51. The van der Waals surface area contributed by atoms with E-state index in [1.165, 1.54) is 7.11 Å². The fourth-order valence-corrected chi connectivity index (χ4v) is 6.32. The average Bonchev–Trinajstić information content (AvgIpc) is 3.62. The highest BCUT2D eigenvalue weighted by molar-refractivity contribution is 5.89. The molecule has 2 aromatic rings. The largest absolute Gasteiger partial charge is 0.481 e. The number of hydrogen-bond acceptors (Lipinski definition) is 7. The predicted octanol–water partition coefficient (Wildman–Crippen LogP) is 6.47. The SMILES string of the molecule is CCOC(=O)[C@@H]1[C@H](C(C)(C)C)[C@H](OCc2cc(C(F)(F)F)cnc2OC)[C@H](c2cccc(C(C)C)c2)N1C(=O)[C@@H]1CCCO1. The second kappa shape index (κ2) is 13.4. The molecule has 0 bridgehead atoms. The molecule has 0 aliphatic carbocycles. The molecular formula is C33H43F3N2O6. The van der Waals surface area contributed by atoms with Crippen LogP contribution in [0.15, 0.2) is 36.5 Å². The number of likely N-dealkylation sites (tertiary alicyclic amines) is 1. The summed E-state index contributed by atoms with van der Waals surface area (Å²) in [5, 5.41) is 0. The van der Waals surface area contributed by atoms with E-state index in [0.717, 1.165) is 23.4 Å². The second-order valence-electron chi connectivity index (χ2n) is 12.8. The Kier molecular flexibility index (Phi) is 10.3. The maximum absolute atomic E-state index is 14.3. The molecule has 2 aliphatic rings. The van der Waals surface area contributed by atoms with Gasteiger partial charge in [-0.25, -0.2) is 9.78 Å². The fourth-order valence-electron chi connectivity index (χ4n) is 6.32. The Balaban J connectivity index is 1.89. The molecule has 2 saturated heterocycles. The zero-order valence-electron chi connectivity index (χ0n) is 26.4. The van der Waals surface area contributed by atoms with Crippen molar-refractivity contribution >= 4 is 11.9 Å². The lowest BCUT2D eigenvalue weighted by Gasteiger charge is -2.35. The quantitative estimate of drug-likeness (QED) is 0.297. The van der Waals surface area contributed by atoms with Gasteiger partial charge in [-0.3, -0.25) is 4.79 Å². The summed E-state index contributed by atoms with van der Waals surface area (Å²) in [7, 11) is 1.33. The third-order valence-corrected chi connectivity index (χ3v) is 8.39. The summed E-state index contributed by atoms with van der Waals surface area (Å²) in [5.74, 6) is -1.31. The van der Waals surface area contributed by atoms with Crippen molar-refractivity contribution in [3.05, 3.63) is 58.8 Å². The molecule has 1 amide bonds. The van der Waals surface area contributed by atoms with Gasteiger partial charge in [0.1, 0.15) is 12.1 Å². The lowest BCUT2D eigenvalue weighted by Crippen LogP contribution is -2.50. The van der Waals surface area contributed by atoms with Crippen LogP contribution in [0.2, 0.25) is 0 Å². The van der Waals surface area contributed by atoms with E-state index in [1.54, 1.807) is 11.8 Å². The summed E-state index contributed by atoms with van der Waals surface area (Å²) >= 11 is 0. The molecule has 8 nitrogen and oxygen atoms in total. The maximum Gasteiger partial charge on any atom is 0.417 e. The van der Waals surface area contributed by atoms with Crippen molar-refractivity contribution in [2.24, 2.45) is 11.3 Å². The molecule has 11 heteroatoms. The minimum absolute atomic E-state index is 0.00380. The third kappa shape index (κ3) is 7.04. The van der Waals surface area contributed by atoms with E-state index in [9.17, 15) is 22.8 Å². The van der Waals surface area contributed by atoms with Crippen molar-refractivity contribution in [3.8, 4) is 5.88 Å². The highest BCUT2D eigenvalue weighted by atomic mass is 19.4. The van der Waals surface area contributed by atoms with Crippen molar-refractivity contribution in [3.63, 3.8) is 0 Å². The molecule has 2 fully saturated rings. The molecule has 2 aliphatic heterocycles. The lowest BCUT2D eigenvalue weighted by molar-refractivity contribution is -0.160. The molecule has 44 heavy (non-hydrogen) atoms. The molecule has 1 aromatic carbocycles. The van der Waals surface area contributed by atoms with Gasteiger partial charge in [-0.2, -0.15) is 13.2 Å². The minimum Gasteiger partial charge on any atom is -0.481 e. The molecule has 0 N–H and O–H groups in total. The normalized spacial score (nSPS) is 24.2. The van der Waals surface area contributed by atoms with E-state index in [0.29, 0.717) is 19.4 Å². The highest BCUT2D eigenvalue weighted by Gasteiger charge is 2.60. The predicted molar refractivity (Wildman–Crippen MR) is 157 cm³/mol. The number of benzene rings is 1. The molecule has 0 saturated carbocycles. The van der Waals surface area contributed by atoms with E-state index in [2.05, 4.69) is 18.8 Å². The first kappa shape index (κ1) is 33.7. The summed E-state index contributed by atoms with van der Waals surface area (Å²) < 4.78 is 64.1. The van der Waals surface area contributed by atoms with Crippen molar-refractivity contribution in [1.82, 2.24) is 9.88 Å². The number of alkyl halides is 3. The van der Waals surface area contributed by atoms with Gasteiger partial charge in [0.25, 0.3) is 5.91 Å². The number of pyridine rings is 1. The van der Waals surface area contributed by atoms with Gasteiger partial charge in [-0.1, -0.05) is 58.9 Å². The van der Waals surface area contributed by atoms with Crippen LogP contribution in [-0.2, 0) is 36.6 Å². The number of carbonyl (C=O) groups is 2. The first-order chi connectivity index (χ1) is 20.7. The molecule has 242 valence electrons. The number of esters is 1.